The van der Waals surface area contributed by atoms with Gasteiger partial charge >= 0.3 is 0 Å². The molecule has 10 nitrogen and oxygen atoms in total. The van der Waals surface area contributed by atoms with E-state index in [0.29, 0.717) is 36.9 Å². The average Bonchev–Trinajstić information content (AvgIpc) is 3.55. The maximum atomic E-state index is 14.6. The average molecular weight is 750 g/mol. The van der Waals surface area contributed by atoms with E-state index in [1.165, 1.54) is 11.8 Å². The molecule has 1 aliphatic carbocycles. The van der Waals surface area contributed by atoms with E-state index in [2.05, 4.69) is 57.2 Å². The highest BCUT2D eigenvalue weighted by atomic mass is 35.5. The molecular weight excluding hydrogens is 698 g/mol. The van der Waals surface area contributed by atoms with Gasteiger partial charge in [0.25, 0.3) is 11.8 Å². The smallest absolute Gasteiger partial charge is 0.286 e. The van der Waals surface area contributed by atoms with Crippen molar-refractivity contribution in [3.63, 3.8) is 0 Å². The van der Waals surface area contributed by atoms with Crippen molar-refractivity contribution in [1.82, 2.24) is 14.5 Å². The van der Waals surface area contributed by atoms with Crippen molar-refractivity contribution in [3.05, 3.63) is 88.2 Å². The number of fused-ring (bicyclic) bond motifs is 2. The summed E-state index contributed by atoms with van der Waals surface area (Å²) in [6.07, 6.45) is 14.5. The van der Waals surface area contributed by atoms with Gasteiger partial charge in [0, 0.05) is 37.0 Å². The molecule has 3 aromatic rings. The molecule has 280 valence electrons. The van der Waals surface area contributed by atoms with E-state index in [-0.39, 0.29) is 46.8 Å². The van der Waals surface area contributed by atoms with Crippen LogP contribution in [0.4, 0.5) is 5.69 Å². The molecule has 5 atom stereocenters. The summed E-state index contributed by atoms with van der Waals surface area (Å²) in [5.74, 6) is -0.324. The Morgan fingerprint density at radius 1 is 1.12 bits per heavy atom. The first kappa shape index (κ1) is 38.1. The van der Waals surface area contributed by atoms with Crippen molar-refractivity contribution in [2.45, 2.75) is 90.8 Å². The molecule has 1 saturated carbocycles. The molecule has 3 aliphatic rings. The second-order valence-electron chi connectivity index (χ2n) is 14.7. The van der Waals surface area contributed by atoms with Gasteiger partial charge in [-0.3, -0.25) is 19.0 Å². The van der Waals surface area contributed by atoms with Crippen LogP contribution in [0, 0.1) is 17.8 Å². The fraction of sp³-hybridized carbons (Fsp3) is 0.525. The van der Waals surface area contributed by atoms with Crippen LogP contribution in [0.5, 0.6) is 5.75 Å². The van der Waals surface area contributed by atoms with Crippen LogP contribution in [-0.2, 0) is 27.6 Å². The van der Waals surface area contributed by atoms with Gasteiger partial charge in [-0.2, -0.15) is 5.10 Å². The molecule has 2 aromatic carbocycles. The van der Waals surface area contributed by atoms with Gasteiger partial charge in [0.15, 0.2) is 0 Å². The standard InChI is InChI=1S/C40H52ClN5O5S/c1-5-35-28(3)23-45-24-31-15-17-33(41)20-29(31)11-6-7-19-51-38-18-16-30(21-36(38)45)39(47)43-52(49,26-27(2)10-8-14-37(35)50-4)44-40(48)32-22-42-46(25-32)34-12-9-13-34/h8,14-18,20-22,25,27-28,34-35,37H,5-7,9-13,19,23-24,26H2,1-4H3,(H,43,44,47,48,49)/b14-8+/t27-,28-,35+,37-,52?/m0/s1. The molecule has 52 heavy (non-hydrogen) atoms. The lowest BCUT2D eigenvalue weighted by atomic mass is 9.85. The summed E-state index contributed by atoms with van der Waals surface area (Å²) in [6, 6.07) is 11.6. The van der Waals surface area contributed by atoms with E-state index in [0.717, 1.165) is 56.2 Å². The lowest BCUT2D eigenvalue weighted by Gasteiger charge is -2.35. The lowest BCUT2D eigenvalue weighted by Crippen LogP contribution is -2.36. The monoisotopic (exact) mass is 749 g/mol. The Morgan fingerprint density at radius 3 is 2.69 bits per heavy atom. The summed E-state index contributed by atoms with van der Waals surface area (Å²) in [4.78, 5) is 29.9. The summed E-state index contributed by atoms with van der Waals surface area (Å²) in [6.45, 7) is 8.16. The van der Waals surface area contributed by atoms with E-state index in [9.17, 15) is 13.8 Å². The van der Waals surface area contributed by atoms with Gasteiger partial charge < -0.3 is 14.4 Å². The van der Waals surface area contributed by atoms with E-state index < -0.39 is 21.7 Å². The highest BCUT2D eigenvalue weighted by Gasteiger charge is 2.29. The third-order valence-corrected chi connectivity index (χ3v) is 13.0. The number of carbonyl (C=O) groups excluding carboxylic acids is 2. The SMILES string of the molecule is CC[C@H]1[C@@H](OC)/C=C/C[C@H](C)CS(=O)(NC(=O)c2cnn(C3CCC3)c2)=NC(=O)c2ccc3c(c2)N(Cc2ccc(Cl)cc2CCCCO3)C[C@@H]1C. The van der Waals surface area contributed by atoms with Crippen LogP contribution in [0.25, 0.3) is 0 Å². The van der Waals surface area contributed by atoms with Gasteiger partial charge in [-0.1, -0.05) is 57.0 Å². The van der Waals surface area contributed by atoms with Crippen LogP contribution < -0.4 is 14.4 Å². The molecule has 3 heterocycles. The number of amides is 2. The third kappa shape index (κ3) is 9.09. The van der Waals surface area contributed by atoms with Gasteiger partial charge in [0.05, 0.1) is 42.0 Å². The number of hydrogen-bond donors (Lipinski definition) is 1. The van der Waals surface area contributed by atoms with Crippen molar-refractivity contribution in [3.8, 4) is 5.75 Å². The van der Waals surface area contributed by atoms with Crippen LogP contribution in [0.2, 0.25) is 5.02 Å². The van der Waals surface area contributed by atoms with Crippen molar-refractivity contribution < 1.29 is 23.3 Å². The second-order valence-corrected chi connectivity index (χ2v) is 17.2. The maximum absolute atomic E-state index is 14.6. The zero-order valence-corrected chi connectivity index (χ0v) is 32.3. The van der Waals surface area contributed by atoms with Crippen molar-refractivity contribution in [2.24, 2.45) is 22.1 Å². The minimum Gasteiger partial charge on any atom is -0.491 e. The summed E-state index contributed by atoms with van der Waals surface area (Å²) in [7, 11) is -1.80. The van der Waals surface area contributed by atoms with E-state index in [1.54, 1.807) is 30.1 Å². The molecule has 1 unspecified atom stereocenters. The quantitative estimate of drug-likeness (QED) is 0.262. The van der Waals surface area contributed by atoms with Crippen LogP contribution in [0.1, 0.15) is 104 Å². The summed E-state index contributed by atoms with van der Waals surface area (Å²) < 4.78 is 35.9. The number of anilines is 1. The van der Waals surface area contributed by atoms with Crippen molar-refractivity contribution in [2.75, 3.05) is 30.9 Å². The number of methoxy groups -OCH3 is 1. The molecule has 2 bridgehead atoms. The van der Waals surface area contributed by atoms with E-state index >= 15 is 0 Å². The molecule has 6 rings (SSSR count). The Labute approximate surface area is 313 Å². The Morgan fingerprint density at radius 2 is 1.94 bits per heavy atom. The molecule has 0 radical (unpaired) electrons. The zero-order valence-electron chi connectivity index (χ0n) is 30.8. The van der Waals surface area contributed by atoms with E-state index in [4.69, 9.17) is 21.1 Å². The number of aryl methyl sites for hydroxylation is 1. The number of carbonyl (C=O) groups is 2. The fourth-order valence-electron chi connectivity index (χ4n) is 7.59. The Balaban J connectivity index is 1.43. The molecule has 1 N–H and O–H groups in total. The molecule has 0 saturated heterocycles. The molecule has 2 amide bonds. The minimum atomic E-state index is -3.55. The van der Waals surface area contributed by atoms with Crippen LogP contribution in [0.15, 0.2) is 65.3 Å². The Hall–Kier alpha value is -3.67. The third-order valence-electron chi connectivity index (χ3n) is 10.7. The first-order chi connectivity index (χ1) is 25.1. The Bertz CT molecular complexity index is 1900. The van der Waals surface area contributed by atoms with Crippen LogP contribution in [0.3, 0.4) is 0 Å². The molecule has 1 fully saturated rings. The molecule has 2 aliphatic heterocycles. The topological polar surface area (TPSA) is 115 Å². The number of nitrogens with one attached hydrogen (secondary N) is 1. The van der Waals surface area contributed by atoms with Gasteiger partial charge in [-0.05, 0) is 104 Å². The summed E-state index contributed by atoms with van der Waals surface area (Å²) >= 11 is 6.48. The number of halogens is 1. The number of aromatic nitrogens is 2. The number of benzene rings is 2. The molecule has 0 spiro atoms. The van der Waals surface area contributed by atoms with Gasteiger partial charge in [0.2, 0.25) is 0 Å². The predicted octanol–water partition coefficient (Wildman–Crippen LogP) is 8.21. The second kappa shape index (κ2) is 17.0. The van der Waals surface area contributed by atoms with Gasteiger partial charge in [-0.25, -0.2) is 4.21 Å². The van der Waals surface area contributed by atoms with Gasteiger partial charge in [0.1, 0.15) is 15.7 Å². The summed E-state index contributed by atoms with van der Waals surface area (Å²) in [5, 5.41) is 5.08. The summed E-state index contributed by atoms with van der Waals surface area (Å²) in [5.41, 5.74) is 3.68. The number of hydrogen-bond acceptors (Lipinski definition) is 7. The number of allylic oxidation sites excluding steroid dienone is 1. The highest BCUT2D eigenvalue weighted by molar-refractivity contribution is 7.92. The van der Waals surface area contributed by atoms with Crippen molar-refractivity contribution in [1.29, 1.82) is 0 Å². The number of nitrogens with zero attached hydrogens (tertiary/aromatic N) is 4. The lowest BCUT2D eigenvalue weighted by molar-refractivity contribution is 0.0639. The first-order valence-corrected chi connectivity index (χ1v) is 20.8. The Kier molecular flexibility index (Phi) is 12.4. The van der Waals surface area contributed by atoms with E-state index in [1.807, 2.05) is 19.1 Å². The zero-order chi connectivity index (χ0) is 36.8. The van der Waals surface area contributed by atoms with Crippen LogP contribution >= 0.6 is 11.6 Å². The fourth-order valence-corrected chi connectivity index (χ4v) is 9.68. The van der Waals surface area contributed by atoms with Gasteiger partial charge in [-0.15, -0.1) is 4.36 Å². The number of ether oxygens (including phenoxy) is 2. The number of rotatable bonds is 5. The van der Waals surface area contributed by atoms with Crippen LogP contribution in [-0.4, -0.2) is 57.9 Å². The highest BCUT2D eigenvalue weighted by Crippen LogP contribution is 2.36. The van der Waals surface area contributed by atoms with Crippen molar-refractivity contribution >= 4 is 39.0 Å². The molecule has 12 heteroatoms. The molecular formula is C40H52ClN5O5S. The maximum Gasteiger partial charge on any atom is 0.286 e. The predicted molar refractivity (Wildman–Crippen MR) is 206 cm³/mol. The largest absolute Gasteiger partial charge is 0.491 e. The first-order valence-electron chi connectivity index (χ1n) is 18.7. The molecule has 1 aromatic heterocycles. The normalized spacial score (nSPS) is 26.9. The minimum absolute atomic E-state index is 0.00361.